The summed E-state index contributed by atoms with van der Waals surface area (Å²) in [6, 6.07) is -1.05. The molecule has 0 unspecified atom stereocenters. The van der Waals surface area contributed by atoms with Crippen molar-refractivity contribution in [1.82, 2.24) is 30.0 Å². The number of anilines is 1. The molecule has 0 radical (unpaired) electrons. The topological polar surface area (TPSA) is 218 Å². The molecule has 2 aromatic rings. The molecule has 0 saturated carbocycles. The molecule has 4 heterocycles. The van der Waals surface area contributed by atoms with Gasteiger partial charge in [-0.25, -0.2) is 19.3 Å². The Bertz CT molecular complexity index is 1460. The highest BCUT2D eigenvalue weighted by Gasteiger charge is 2.54. The number of oxime groups is 1. The van der Waals surface area contributed by atoms with Gasteiger partial charge in [0.05, 0.1) is 0 Å². The number of carboxylic acid groups (broad SMARTS) is 2. The van der Waals surface area contributed by atoms with Crippen molar-refractivity contribution in [2.75, 3.05) is 29.8 Å². The van der Waals surface area contributed by atoms with Gasteiger partial charge in [-0.3, -0.25) is 19.3 Å². The largest absolute Gasteiger partial charge is 0.477 e. The Hall–Kier alpha value is -3.68. The van der Waals surface area contributed by atoms with Crippen LogP contribution in [0.5, 0.6) is 0 Å². The van der Waals surface area contributed by atoms with Crippen LogP contribution in [0.15, 0.2) is 27.0 Å². The number of nitrogens with zero attached hydrogens (tertiary/aromatic N) is 6. The maximum Gasteiger partial charge on any atom is 0.375 e. The van der Waals surface area contributed by atoms with E-state index in [1.54, 1.807) is 0 Å². The van der Waals surface area contributed by atoms with Gasteiger partial charge in [0.15, 0.2) is 16.0 Å². The number of hydrogen-bond acceptors (Lipinski definition) is 13. The molecule has 3 amide bonds. The molecule has 2 aliphatic heterocycles. The Balaban J connectivity index is 1.47. The first-order valence-corrected chi connectivity index (χ1v) is 14.4. The van der Waals surface area contributed by atoms with Crippen molar-refractivity contribution in [1.29, 1.82) is 0 Å². The number of β-lactam (4-membered cyclic amide) rings is 1. The summed E-state index contributed by atoms with van der Waals surface area (Å²) in [6.07, 6.45) is 0. The van der Waals surface area contributed by atoms with Crippen molar-refractivity contribution in [2.24, 2.45) is 12.2 Å². The lowest BCUT2D eigenvalue weighted by molar-refractivity contribution is -0.150. The predicted octanol–water partition coefficient (Wildman–Crippen LogP) is 0.0285. The zero-order valence-electron chi connectivity index (χ0n) is 20.5. The Morgan fingerprint density at radius 3 is 2.65 bits per heavy atom. The third-order valence-corrected chi connectivity index (χ3v) is 8.79. The molecule has 2 aromatic heterocycles. The molecule has 2 aliphatic rings. The van der Waals surface area contributed by atoms with Gasteiger partial charge in [0.25, 0.3) is 17.6 Å². The lowest BCUT2D eigenvalue weighted by Crippen LogP contribution is -2.71. The van der Waals surface area contributed by atoms with Crippen LogP contribution >= 0.6 is 46.5 Å². The fraction of sp³-hybridized carbons (Fsp3) is 0.350. The minimum atomic E-state index is -1.32. The molecule has 212 valence electrons. The number of fused-ring (bicyclic) bond motifs is 1. The highest BCUT2D eigenvalue weighted by molar-refractivity contribution is 8.01. The van der Waals surface area contributed by atoms with E-state index in [2.05, 4.69) is 30.9 Å². The molecule has 1 fully saturated rings. The van der Waals surface area contributed by atoms with Crippen LogP contribution in [0.1, 0.15) is 16.3 Å². The lowest BCUT2D eigenvalue weighted by Gasteiger charge is -2.49. The molecule has 16 nitrogen and oxygen atoms in total. The molecule has 0 aliphatic carbocycles. The fourth-order valence-electron chi connectivity index (χ4n) is 3.63. The number of aliphatic carboxylic acids is 1. The third kappa shape index (κ3) is 5.91. The average Bonchev–Trinajstić information content (AvgIpc) is 3.54. The molecule has 4 N–H and O–H groups in total. The van der Waals surface area contributed by atoms with Crippen LogP contribution in [-0.4, -0.2) is 106 Å². The van der Waals surface area contributed by atoms with Gasteiger partial charge < -0.3 is 25.7 Å². The summed E-state index contributed by atoms with van der Waals surface area (Å²) in [6.45, 7) is 0. The van der Waals surface area contributed by atoms with Crippen molar-refractivity contribution in [2.45, 2.75) is 16.6 Å². The number of aromatic carboxylic acids is 1. The summed E-state index contributed by atoms with van der Waals surface area (Å²) in [5.74, 6) is -4.87. The van der Waals surface area contributed by atoms with Crippen LogP contribution < -0.4 is 10.6 Å². The van der Waals surface area contributed by atoms with E-state index < -0.39 is 46.9 Å². The molecular weight excluding hydrogens is 612 g/mol. The van der Waals surface area contributed by atoms with Crippen molar-refractivity contribution in [3.05, 3.63) is 28.2 Å². The molecule has 4 rings (SSSR count). The van der Waals surface area contributed by atoms with E-state index in [1.165, 1.54) is 36.0 Å². The quantitative estimate of drug-likeness (QED) is 0.0847. The highest BCUT2D eigenvalue weighted by Crippen LogP contribution is 2.41. The van der Waals surface area contributed by atoms with Crippen molar-refractivity contribution < 1.29 is 39.0 Å². The van der Waals surface area contributed by atoms with Crippen molar-refractivity contribution in [3.8, 4) is 0 Å². The fourth-order valence-corrected chi connectivity index (χ4v) is 6.80. The smallest absolute Gasteiger partial charge is 0.375 e. The maximum atomic E-state index is 13.0. The van der Waals surface area contributed by atoms with Gasteiger partial charge in [-0.05, 0) is 5.57 Å². The van der Waals surface area contributed by atoms with E-state index in [1.807, 2.05) is 0 Å². The van der Waals surface area contributed by atoms with Crippen LogP contribution in [0, 0.1) is 0 Å². The SMILES string of the molecule is CO/N=C(\C(=O)N[C@@H]1C(=O)N2C(C(=O)O)=C(CSc3nc(C(=O)O)nn3C)CS[C@H]12)c1csc(NC(=O)CCl)n1. The Morgan fingerprint density at radius 2 is 2.02 bits per heavy atom. The number of thioether (sulfide) groups is 2. The Morgan fingerprint density at radius 1 is 1.27 bits per heavy atom. The number of alkyl halides is 1. The molecule has 40 heavy (non-hydrogen) atoms. The third-order valence-electron chi connectivity index (χ3n) is 5.34. The molecule has 1 saturated heterocycles. The van der Waals surface area contributed by atoms with Gasteiger partial charge in [-0.15, -0.1) is 39.8 Å². The van der Waals surface area contributed by atoms with Crippen LogP contribution in [0.4, 0.5) is 5.13 Å². The number of carbonyl (C=O) groups excluding carboxylic acids is 3. The second-order valence-corrected chi connectivity index (χ2v) is 11.1. The summed E-state index contributed by atoms with van der Waals surface area (Å²) in [5, 5.41) is 32.6. The average molecular weight is 631 g/mol. The number of carbonyl (C=O) groups is 5. The first-order valence-electron chi connectivity index (χ1n) is 11.0. The standard InChI is InChI=1S/C20H19ClN8O8S3/c1-28-20(25-13(26-28)18(35)36)40-5-7-4-38-16-11(15(32)29(16)12(7)17(33)34)24-14(31)10(27-37-2)8-6-39-19(22-8)23-9(30)3-21/h6,11,16H,3-5H2,1-2H3,(H,24,31)(H,33,34)(H,35,36)(H,22,23,30)/b27-10-/t11-,16-/m1/s1. The zero-order chi connectivity index (χ0) is 29.1. The lowest BCUT2D eigenvalue weighted by atomic mass is 10.0. The van der Waals surface area contributed by atoms with E-state index >= 15 is 0 Å². The van der Waals surface area contributed by atoms with Gasteiger partial charge in [-0.2, -0.15) is 4.98 Å². The normalized spacial score (nSPS) is 18.6. The van der Waals surface area contributed by atoms with Crippen LogP contribution in [0.3, 0.4) is 0 Å². The summed E-state index contributed by atoms with van der Waals surface area (Å²) >= 11 is 8.83. The molecule has 0 spiro atoms. The minimum Gasteiger partial charge on any atom is -0.477 e. The summed E-state index contributed by atoms with van der Waals surface area (Å²) in [4.78, 5) is 74.7. The van der Waals surface area contributed by atoms with Crippen LogP contribution in [0.25, 0.3) is 0 Å². The minimum absolute atomic E-state index is 0.0782. The van der Waals surface area contributed by atoms with E-state index in [4.69, 9.17) is 21.5 Å². The number of thiazole rings is 1. The van der Waals surface area contributed by atoms with E-state index in [0.29, 0.717) is 5.57 Å². The second-order valence-electron chi connectivity index (χ2n) is 7.90. The Kier molecular flexibility index (Phi) is 8.96. The number of rotatable bonds is 11. The van der Waals surface area contributed by atoms with Crippen LogP contribution in [-0.2, 0) is 31.1 Å². The first-order chi connectivity index (χ1) is 19.0. The number of nitrogens with one attached hydrogen (secondary N) is 2. The van der Waals surface area contributed by atoms with E-state index in [9.17, 15) is 29.1 Å². The second kappa shape index (κ2) is 12.2. The molecular formula is C20H19ClN8O8S3. The van der Waals surface area contributed by atoms with Crippen molar-refractivity contribution >= 4 is 87.0 Å². The number of hydrogen-bond donors (Lipinski definition) is 4. The van der Waals surface area contributed by atoms with E-state index in [-0.39, 0.29) is 44.8 Å². The predicted molar refractivity (Wildman–Crippen MR) is 143 cm³/mol. The molecule has 0 aromatic carbocycles. The number of aryl methyl sites for hydroxylation is 1. The molecule has 2 atom stereocenters. The number of carboxylic acids is 2. The maximum absolute atomic E-state index is 13.0. The van der Waals surface area contributed by atoms with Gasteiger partial charge in [0.1, 0.15) is 35.8 Å². The highest BCUT2D eigenvalue weighted by atomic mass is 35.5. The monoisotopic (exact) mass is 630 g/mol. The van der Waals surface area contributed by atoms with Gasteiger partial charge in [0, 0.05) is 23.9 Å². The van der Waals surface area contributed by atoms with Crippen molar-refractivity contribution in [3.63, 3.8) is 0 Å². The van der Waals surface area contributed by atoms with Gasteiger partial charge >= 0.3 is 11.9 Å². The number of aromatic nitrogens is 4. The van der Waals surface area contributed by atoms with Crippen LogP contribution in [0.2, 0.25) is 0 Å². The number of amides is 3. The summed E-state index contributed by atoms with van der Waals surface area (Å²) in [5.41, 5.74) is 0.0341. The van der Waals surface area contributed by atoms with Gasteiger partial charge in [-0.1, -0.05) is 16.9 Å². The Labute approximate surface area is 242 Å². The van der Waals surface area contributed by atoms with E-state index in [0.717, 1.165) is 28.0 Å². The number of halogens is 1. The summed E-state index contributed by atoms with van der Waals surface area (Å²) < 4.78 is 1.27. The van der Waals surface area contributed by atoms with Gasteiger partial charge in [0.2, 0.25) is 5.91 Å². The first kappa shape index (κ1) is 29.3. The molecule has 0 bridgehead atoms. The summed E-state index contributed by atoms with van der Waals surface area (Å²) in [7, 11) is 2.73. The zero-order valence-corrected chi connectivity index (χ0v) is 23.7. The molecule has 20 heteroatoms.